The summed E-state index contributed by atoms with van der Waals surface area (Å²) in [6.07, 6.45) is 1.49. The first-order valence-electron chi connectivity index (χ1n) is 8.70. The number of carboxylic acids is 1. The smallest absolute Gasteiger partial charge is 0.335 e. The van der Waals surface area contributed by atoms with E-state index in [9.17, 15) is 14.4 Å². The molecule has 0 aromatic heterocycles. The summed E-state index contributed by atoms with van der Waals surface area (Å²) in [5, 5.41) is 18.8. The van der Waals surface area contributed by atoms with E-state index in [0.29, 0.717) is 5.56 Å². The van der Waals surface area contributed by atoms with Crippen LogP contribution in [0.3, 0.4) is 0 Å². The van der Waals surface area contributed by atoms with Gasteiger partial charge in [-0.15, -0.1) is 0 Å². The molecule has 0 aliphatic carbocycles. The molecule has 0 unspecified atom stereocenters. The number of rotatable bonds is 6. The Morgan fingerprint density at radius 3 is 2.30 bits per heavy atom. The molecule has 0 bridgehead atoms. The van der Waals surface area contributed by atoms with Crippen molar-refractivity contribution in [3.05, 3.63) is 98.8 Å². The molecule has 3 aromatic carbocycles. The van der Waals surface area contributed by atoms with E-state index in [4.69, 9.17) is 33.0 Å². The maximum atomic E-state index is 14.0. The first kappa shape index (κ1) is 21.4. The van der Waals surface area contributed by atoms with E-state index < -0.39 is 11.8 Å². The molecule has 0 saturated carbocycles. The molecular weight excluding hydrogens is 428 g/mol. The summed E-state index contributed by atoms with van der Waals surface area (Å²) < 4.78 is 19.7. The average Bonchev–Trinajstić information content (AvgIpc) is 2.72. The lowest BCUT2D eigenvalue weighted by Gasteiger charge is -2.11. The van der Waals surface area contributed by atoms with Crippen LogP contribution in [0.5, 0.6) is 5.75 Å². The number of ether oxygens (including phenoxy) is 1. The van der Waals surface area contributed by atoms with Crippen molar-refractivity contribution in [1.82, 2.24) is 0 Å². The van der Waals surface area contributed by atoms with Gasteiger partial charge in [0, 0.05) is 5.56 Å². The Hall–Kier alpha value is -3.33. The lowest BCUT2D eigenvalue weighted by molar-refractivity contribution is 0.0697. The molecule has 0 spiro atoms. The van der Waals surface area contributed by atoms with Gasteiger partial charge in [-0.1, -0.05) is 53.5 Å². The zero-order chi connectivity index (χ0) is 21.7. The largest absolute Gasteiger partial charge is 0.486 e. The number of aromatic carboxylic acids is 1. The van der Waals surface area contributed by atoms with E-state index in [1.54, 1.807) is 36.4 Å². The molecule has 0 radical (unpaired) electrons. The number of allylic oxidation sites excluding steroid dienone is 1. The molecule has 0 atom stereocenters. The van der Waals surface area contributed by atoms with E-state index in [0.717, 1.165) is 5.56 Å². The first-order chi connectivity index (χ1) is 14.4. The van der Waals surface area contributed by atoms with Crippen LogP contribution in [0.4, 0.5) is 4.39 Å². The molecule has 0 aliphatic heterocycles. The summed E-state index contributed by atoms with van der Waals surface area (Å²) in [5.41, 5.74) is 1.74. The molecule has 30 heavy (non-hydrogen) atoms. The SMILES string of the molecule is N#C/C(=C/c1cc(Cl)c(OCc2ccc(C(=O)O)cc2)c(Cl)c1)c1ccccc1F. The predicted octanol–water partition coefficient (Wildman–Crippen LogP) is 6.47. The van der Waals surface area contributed by atoms with Gasteiger partial charge in [0.25, 0.3) is 0 Å². The molecule has 0 saturated heterocycles. The highest BCUT2D eigenvalue weighted by atomic mass is 35.5. The molecule has 7 heteroatoms. The molecule has 1 N–H and O–H groups in total. The monoisotopic (exact) mass is 441 g/mol. The van der Waals surface area contributed by atoms with E-state index in [1.165, 1.54) is 30.3 Å². The van der Waals surface area contributed by atoms with E-state index in [-0.39, 0.29) is 39.1 Å². The number of hydrogen-bond donors (Lipinski definition) is 1. The standard InChI is InChI=1S/C23H14Cl2FNO3/c24-19-10-15(9-17(12-27)18-3-1-2-4-21(18)26)11-20(25)22(19)30-13-14-5-7-16(8-6-14)23(28)29/h1-11H,13H2,(H,28,29)/b17-9-. The van der Waals surface area contributed by atoms with Crippen LogP contribution in [0.25, 0.3) is 11.6 Å². The van der Waals surface area contributed by atoms with Crippen LogP contribution in [-0.2, 0) is 6.61 Å². The summed E-state index contributed by atoms with van der Waals surface area (Å²) in [5.74, 6) is -1.26. The Kier molecular flexibility index (Phi) is 6.73. The van der Waals surface area contributed by atoms with Crippen LogP contribution in [0.2, 0.25) is 10.0 Å². The first-order valence-corrected chi connectivity index (χ1v) is 9.45. The third-order valence-electron chi connectivity index (χ3n) is 4.20. The lowest BCUT2D eigenvalue weighted by Crippen LogP contribution is -1.99. The minimum absolute atomic E-state index is 0.132. The van der Waals surface area contributed by atoms with Gasteiger partial charge in [0.15, 0.2) is 5.75 Å². The van der Waals surface area contributed by atoms with Gasteiger partial charge in [-0.25, -0.2) is 9.18 Å². The van der Waals surface area contributed by atoms with Crippen molar-refractivity contribution in [2.24, 2.45) is 0 Å². The Labute approximate surface area is 182 Å². The van der Waals surface area contributed by atoms with Gasteiger partial charge in [0.2, 0.25) is 0 Å². The van der Waals surface area contributed by atoms with Gasteiger partial charge >= 0.3 is 5.97 Å². The fourth-order valence-electron chi connectivity index (χ4n) is 2.72. The minimum atomic E-state index is -1.01. The van der Waals surface area contributed by atoms with Crippen molar-refractivity contribution < 1.29 is 19.0 Å². The molecule has 0 aliphatic rings. The Morgan fingerprint density at radius 1 is 1.10 bits per heavy atom. The highest BCUT2D eigenvalue weighted by Gasteiger charge is 2.12. The quantitative estimate of drug-likeness (QED) is 0.351. The van der Waals surface area contributed by atoms with Gasteiger partial charge < -0.3 is 9.84 Å². The van der Waals surface area contributed by atoms with Crippen molar-refractivity contribution in [2.45, 2.75) is 6.61 Å². The fourth-order valence-corrected chi connectivity index (χ4v) is 3.33. The van der Waals surface area contributed by atoms with Crippen molar-refractivity contribution >= 4 is 40.8 Å². The summed E-state index contributed by atoms with van der Waals surface area (Å²) in [7, 11) is 0. The minimum Gasteiger partial charge on any atom is -0.486 e. The lowest BCUT2D eigenvalue weighted by atomic mass is 10.0. The average molecular weight is 442 g/mol. The van der Waals surface area contributed by atoms with Crippen LogP contribution in [-0.4, -0.2) is 11.1 Å². The molecule has 4 nitrogen and oxygen atoms in total. The van der Waals surface area contributed by atoms with Crippen LogP contribution < -0.4 is 4.74 Å². The second kappa shape index (κ2) is 9.45. The van der Waals surface area contributed by atoms with Crippen LogP contribution in [0.15, 0.2) is 60.7 Å². The number of nitriles is 1. The maximum Gasteiger partial charge on any atom is 0.335 e. The molecule has 150 valence electrons. The predicted molar refractivity (Wildman–Crippen MR) is 114 cm³/mol. The number of carboxylic acid groups (broad SMARTS) is 1. The highest BCUT2D eigenvalue weighted by molar-refractivity contribution is 6.37. The third kappa shape index (κ3) is 4.98. The molecule has 0 fully saturated rings. The Morgan fingerprint density at radius 2 is 1.73 bits per heavy atom. The summed E-state index contributed by atoms with van der Waals surface area (Å²) >= 11 is 12.6. The van der Waals surface area contributed by atoms with Crippen molar-refractivity contribution in [2.75, 3.05) is 0 Å². The number of carbonyl (C=O) groups is 1. The highest BCUT2D eigenvalue weighted by Crippen LogP contribution is 2.36. The fraction of sp³-hybridized carbons (Fsp3) is 0.0435. The zero-order valence-corrected chi connectivity index (χ0v) is 16.9. The second-order valence-corrected chi connectivity index (χ2v) is 7.07. The van der Waals surface area contributed by atoms with Crippen molar-refractivity contribution in [3.8, 4) is 11.8 Å². The van der Waals surface area contributed by atoms with Crippen LogP contribution >= 0.6 is 23.2 Å². The molecule has 0 amide bonds. The second-order valence-electron chi connectivity index (χ2n) is 6.25. The summed E-state index contributed by atoms with van der Waals surface area (Å²) in [6.45, 7) is 0.132. The third-order valence-corrected chi connectivity index (χ3v) is 4.76. The van der Waals surface area contributed by atoms with Gasteiger partial charge in [-0.05, 0) is 47.5 Å². The molecule has 3 rings (SSSR count). The molecule has 0 heterocycles. The van der Waals surface area contributed by atoms with Gasteiger partial charge in [0.05, 0.1) is 27.3 Å². The topological polar surface area (TPSA) is 70.3 Å². The Bertz CT molecular complexity index is 1140. The number of nitrogens with zero attached hydrogens (tertiary/aromatic N) is 1. The van der Waals surface area contributed by atoms with E-state index >= 15 is 0 Å². The van der Waals surface area contributed by atoms with Gasteiger partial charge in [-0.2, -0.15) is 5.26 Å². The van der Waals surface area contributed by atoms with E-state index in [2.05, 4.69) is 0 Å². The maximum absolute atomic E-state index is 14.0. The summed E-state index contributed by atoms with van der Waals surface area (Å²) in [4.78, 5) is 10.9. The zero-order valence-electron chi connectivity index (χ0n) is 15.4. The Balaban J connectivity index is 1.82. The van der Waals surface area contributed by atoms with Crippen molar-refractivity contribution in [3.63, 3.8) is 0 Å². The van der Waals surface area contributed by atoms with Crippen LogP contribution in [0, 0.1) is 17.1 Å². The van der Waals surface area contributed by atoms with Crippen molar-refractivity contribution in [1.29, 1.82) is 5.26 Å². The number of halogens is 3. The number of benzene rings is 3. The normalized spacial score (nSPS) is 11.1. The van der Waals surface area contributed by atoms with Crippen LogP contribution in [0.1, 0.15) is 27.0 Å². The molecule has 3 aromatic rings. The van der Waals surface area contributed by atoms with E-state index in [1.807, 2.05) is 6.07 Å². The number of hydrogen-bond acceptors (Lipinski definition) is 3. The van der Waals surface area contributed by atoms with Gasteiger partial charge in [-0.3, -0.25) is 0 Å². The molecular formula is C23H14Cl2FNO3. The van der Waals surface area contributed by atoms with Gasteiger partial charge in [0.1, 0.15) is 12.4 Å². The summed E-state index contributed by atoms with van der Waals surface area (Å²) in [6, 6.07) is 17.3.